The highest BCUT2D eigenvalue weighted by Gasteiger charge is 2.27. The van der Waals surface area contributed by atoms with Crippen molar-refractivity contribution in [2.75, 3.05) is 13.7 Å². The van der Waals surface area contributed by atoms with Crippen LogP contribution in [0, 0.1) is 11.3 Å². The lowest BCUT2D eigenvalue weighted by Gasteiger charge is -2.28. The Morgan fingerprint density at radius 1 is 1.42 bits per heavy atom. The van der Waals surface area contributed by atoms with E-state index in [1.54, 1.807) is 19.9 Å². The molecule has 24 heavy (non-hydrogen) atoms. The van der Waals surface area contributed by atoms with Crippen LogP contribution in [0.3, 0.4) is 0 Å². The van der Waals surface area contributed by atoms with E-state index in [9.17, 15) is 9.59 Å². The number of hydrogen-bond donors (Lipinski definition) is 0. The number of para-hydroxylation sites is 1. The lowest BCUT2D eigenvalue weighted by Crippen LogP contribution is -2.45. The standard InChI is InChI=1S/C17H17N3O3S/c1-17(2,11-18)20(3)15(21)10-23-16(22)9-8-14-19-12-6-4-5-7-13(12)24-14/h4-9H,10H2,1-3H3/b9-8+. The number of rotatable bonds is 5. The quantitative estimate of drug-likeness (QED) is 0.615. The molecule has 0 aliphatic carbocycles. The average Bonchev–Trinajstić information content (AvgIpc) is 3.00. The van der Waals surface area contributed by atoms with Crippen LogP contribution < -0.4 is 0 Å². The largest absolute Gasteiger partial charge is 0.452 e. The van der Waals surface area contributed by atoms with E-state index in [4.69, 9.17) is 10.00 Å². The molecule has 0 saturated heterocycles. The molecule has 1 amide bonds. The summed E-state index contributed by atoms with van der Waals surface area (Å²) in [6, 6.07) is 9.68. The minimum absolute atomic E-state index is 0.412. The molecule has 0 atom stereocenters. The minimum atomic E-state index is -0.958. The molecule has 1 aromatic carbocycles. The summed E-state index contributed by atoms with van der Waals surface area (Å²) in [4.78, 5) is 29.2. The fourth-order valence-electron chi connectivity index (χ4n) is 1.77. The number of hydrogen-bond acceptors (Lipinski definition) is 6. The Balaban J connectivity index is 1.91. The summed E-state index contributed by atoms with van der Waals surface area (Å²) in [7, 11) is 1.50. The van der Waals surface area contributed by atoms with Gasteiger partial charge in [-0.2, -0.15) is 5.26 Å². The summed E-state index contributed by atoms with van der Waals surface area (Å²) in [5, 5.41) is 9.67. The predicted molar refractivity (Wildman–Crippen MR) is 92.1 cm³/mol. The van der Waals surface area contributed by atoms with Crippen LogP contribution in [0.15, 0.2) is 30.3 Å². The maximum atomic E-state index is 11.9. The van der Waals surface area contributed by atoms with Gasteiger partial charge in [0.1, 0.15) is 10.5 Å². The number of amides is 1. The minimum Gasteiger partial charge on any atom is -0.452 e. The van der Waals surface area contributed by atoms with Gasteiger partial charge in [0.15, 0.2) is 6.61 Å². The third kappa shape index (κ3) is 4.18. The average molecular weight is 343 g/mol. The third-order valence-electron chi connectivity index (χ3n) is 3.50. The smallest absolute Gasteiger partial charge is 0.331 e. The fourth-order valence-corrected chi connectivity index (χ4v) is 2.64. The van der Waals surface area contributed by atoms with Gasteiger partial charge in [-0.25, -0.2) is 9.78 Å². The molecule has 124 valence electrons. The van der Waals surface area contributed by atoms with Crippen LogP contribution in [0.25, 0.3) is 16.3 Å². The van der Waals surface area contributed by atoms with E-state index < -0.39 is 24.0 Å². The number of esters is 1. The molecular weight excluding hydrogens is 326 g/mol. The Hall–Kier alpha value is -2.72. The summed E-state index contributed by atoms with van der Waals surface area (Å²) in [5.41, 5.74) is -0.0913. The van der Waals surface area contributed by atoms with Crippen LogP contribution in [0.1, 0.15) is 18.9 Å². The molecule has 0 spiro atoms. The molecule has 2 rings (SSSR count). The Bertz CT molecular complexity index is 800. The topological polar surface area (TPSA) is 83.3 Å². The summed E-state index contributed by atoms with van der Waals surface area (Å²) in [6.45, 7) is 2.81. The number of carbonyl (C=O) groups excluding carboxylic acids is 2. The number of benzene rings is 1. The molecule has 0 aliphatic rings. The number of aromatic nitrogens is 1. The van der Waals surface area contributed by atoms with Crippen molar-refractivity contribution in [2.24, 2.45) is 0 Å². The van der Waals surface area contributed by atoms with E-state index in [0.29, 0.717) is 5.01 Å². The molecule has 1 aromatic heterocycles. The van der Waals surface area contributed by atoms with E-state index in [1.165, 1.54) is 29.4 Å². The van der Waals surface area contributed by atoms with Crippen LogP contribution in [0.5, 0.6) is 0 Å². The number of likely N-dealkylation sites (N-methyl/N-ethyl adjacent to an activating group) is 1. The summed E-state index contributed by atoms with van der Waals surface area (Å²) >= 11 is 1.46. The second-order valence-corrected chi connectivity index (χ2v) is 6.65. The monoisotopic (exact) mass is 343 g/mol. The van der Waals surface area contributed by atoms with Gasteiger partial charge >= 0.3 is 5.97 Å². The Morgan fingerprint density at radius 2 is 2.12 bits per heavy atom. The van der Waals surface area contributed by atoms with Crippen LogP contribution in [-0.2, 0) is 14.3 Å². The Morgan fingerprint density at radius 3 is 2.79 bits per heavy atom. The van der Waals surface area contributed by atoms with Crippen LogP contribution in [0.4, 0.5) is 0 Å². The van der Waals surface area contributed by atoms with E-state index in [2.05, 4.69) is 4.98 Å². The van der Waals surface area contributed by atoms with Gasteiger partial charge in [0.25, 0.3) is 5.91 Å². The van der Waals surface area contributed by atoms with Crippen molar-refractivity contribution < 1.29 is 14.3 Å². The molecule has 6 nitrogen and oxygen atoms in total. The number of ether oxygens (including phenoxy) is 1. The molecule has 1 heterocycles. The van der Waals surface area contributed by atoms with Gasteiger partial charge in [0.2, 0.25) is 0 Å². The third-order valence-corrected chi connectivity index (χ3v) is 4.50. The molecular formula is C17H17N3O3S. The van der Waals surface area contributed by atoms with Crippen molar-refractivity contribution in [3.8, 4) is 6.07 Å². The van der Waals surface area contributed by atoms with Crippen molar-refractivity contribution in [3.63, 3.8) is 0 Å². The molecule has 0 fully saturated rings. The van der Waals surface area contributed by atoms with Gasteiger partial charge in [-0.3, -0.25) is 4.79 Å². The van der Waals surface area contributed by atoms with Crippen molar-refractivity contribution in [1.29, 1.82) is 5.26 Å². The zero-order valence-corrected chi connectivity index (χ0v) is 14.5. The van der Waals surface area contributed by atoms with Crippen LogP contribution in [-0.4, -0.2) is 41.0 Å². The number of fused-ring (bicyclic) bond motifs is 1. The Kier molecular flexibility index (Phi) is 5.31. The predicted octanol–water partition coefficient (Wildman–Crippen LogP) is 2.61. The highest BCUT2D eigenvalue weighted by molar-refractivity contribution is 7.19. The van der Waals surface area contributed by atoms with Crippen molar-refractivity contribution in [1.82, 2.24) is 9.88 Å². The SMILES string of the molecule is CN(C(=O)COC(=O)/C=C/c1nc2ccccc2s1)C(C)(C)C#N. The molecule has 0 aliphatic heterocycles. The van der Waals surface area contributed by atoms with Gasteiger partial charge in [-0.15, -0.1) is 11.3 Å². The first-order chi connectivity index (χ1) is 11.3. The molecule has 7 heteroatoms. The number of thiazole rings is 1. The number of carbonyl (C=O) groups is 2. The number of nitrogens with zero attached hydrogens (tertiary/aromatic N) is 3. The molecule has 0 unspecified atom stereocenters. The van der Waals surface area contributed by atoms with Crippen molar-refractivity contribution >= 4 is 39.5 Å². The molecule has 2 aromatic rings. The second-order valence-electron chi connectivity index (χ2n) is 5.58. The summed E-state index contributed by atoms with van der Waals surface area (Å²) < 4.78 is 5.94. The van der Waals surface area contributed by atoms with Crippen molar-refractivity contribution in [3.05, 3.63) is 35.3 Å². The lowest BCUT2D eigenvalue weighted by molar-refractivity contribution is -0.149. The zero-order valence-electron chi connectivity index (χ0n) is 13.6. The highest BCUT2D eigenvalue weighted by atomic mass is 32.1. The van der Waals surface area contributed by atoms with Crippen molar-refractivity contribution in [2.45, 2.75) is 19.4 Å². The zero-order chi connectivity index (χ0) is 17.7. The van der Waals surface area contributed by atoms with E-state index >= 15 is 0 Å². The molecule has 0 bridgehead atoms. The van der Waals surface area contributed by atoms with Gasteiger partial charge in [-0.1, -0.05) is 12.1 Å². The molecule has 0 saturated carbocycles. The maximum absolute atomic E-state index is 11.9. The van der Waals surface area contributed by atoms with Gasteiger partial charge in [0, 0.05) is 13.1 Å². The van der Waals surface area contributed by atoms with E-state index in [0.717, 1.165) is 10.2 Å². The summed E-state index contributed by atoms with van der Waals surface area (Å²) in [5.74, 6) is -1.07. The van der Waals surface area contributed by atoms with Crippen LogP contribution >= 0.6 is 11.3 Å². The Labute approximate surface area is 144 Å². The van der Waals surface area contributed by atoms with Gasteiger partial charge in [-0.05, 0) is 32.1 Å². The molecule has 0 N–H and O–H groups in total. The maximum Gasteiger partial charge on any atom is 0.331 e. The second kappa shape index (κ2) is 7.23. The summed E-state index contributed by atoms with van der Waals surface area (Å²) in [6.07, 6.45) is 2.79. The first-order valence-corrected chi connectivity index (χ1v) is 8.03. The normalized spacial score (nSPS) is 11.4. The van der Waals surface area contributed by atoms with Gasteiger partial charge < -0.3 is 9.64 Å². The van der Waals surface area contributed by atoms with Crippen LogP contribution in [0.2, 0.25) is 0 Å². The van der Waals surface area contributed by atoms with Gasteiger partial charge in [0.05, 0.1) is 16.3 Å². The highest BCUT2D eigenvalue weighted by Crippen LogP contribution is 2.22. The van der Waals surface area contributed by atoms with E-state index in [1.807, 2.05) is 30.3 Å². The first kappa shape index (κ1) is 17.6. The first-order valence-electron chi connectivity index (χ1n) is 7.22. The fraction of sp³-hybridized carbons (Fsp3) is 0.294. The molecule has 0 radical (unpaired) electrons. The van der Waals surface area contributed by atoms with E-state index in [-0.39, 0.29) is 0 Å². The lowest BCUT2D eigenvalue weighted by atomic mass is 10.1. The number of nitriles is 1.